The molecule has 1 amide bonds. The zero-order chi connectivity index (χ0) is 49.3. The highest BCUT2D eigenvalue weighted by Gasteiger charge is 2.20. The van der Waals surface area contributed by atoms with E-state index in [-0.39, 0.29) is 18.5 Å². The molecular formula is C62H123NO5. The molecule has 0 spiro atoms. The number of rotatable bonds is 59. The van der Waals surface area contributed by atoms with Gasteiger partial charge in [-0.05, 0) is 25.7 Å². The Morgan fingerprint density at radius 3 is 0.897 bits per heavy atom. The van der Waals surface area contributed by atoms with Crippen LogP contribution >= 0.6 is 0 Å². The predicted molar refractivity (Wildman–Crippen MR) is 297 cm³/mol. The third-order valence-corrected chi connectivity index (χ3v) is 14.9. The maximum absolute atomic E-state index is 12.4. The van der Waals surface area contributed by atoms with Gasteiger partial charge in [0.1, 0.15) is 0 Å². The number of carbonyl (C=O) groups is 2. The van der Waals surface area contributed by atoms with Crippen LogP contribution in [-0.2, 0) is 14.3 Å². The van der Waals surface area contributed by atoms with Gasteiger partial charge in [0.15, 0.2) is 0 Å². The second kappa shape index (κ2) is 58.4. The molecule has 0 aromatic carbocycles. The summed E-state index contributed by atoms with van der Waals surface area (Å²) in [6, 6.07) is -0.534. The lowest BCUT2D eigenvalue weighted by Gasteiger charge is -2.22. The summed E-state index contributed by atoms with van der Waals surface area (Å²) >= 11 is 0. The van der Waals surface area contributed by atoms with Crippen molar-refractivity contribution in [1.82, 2.24) is 5.32 Å². The van der Waals surface area contributed by atoms with Gasteiger partial charge < -0.3 is 20.3 Å². The molecule has 0 rings (SSSR count). The zero-order valence-electron chi connectivity index (χ0n) is 46.4. The first-order valence-electron chi connectivity index (χ1n) is 31.3. The van der Waals surface area contributed by atoms with Crippen molar-refractivity contribution in [2.45, 2.75) is 373 Å². The van der Waals surface area contributed by atoms with Crippen molar-refractivity contribution in [2.75, 3.05) is 13.2 Å². The van der Waals surface area contributed by atoms with E-state index in [0.29, 0.717) is 25.9 Å². The topological polar surface area (TPSA) is 95.9 Å². The van der Waals surface area contributed by atoms with Gasteiger partial charge in [0.25, 0.3) is 0 Å². The van der Waals surface area contributed by atoms with Gasteiger partial charge >= 0.3 is 5.97 Å². The van der Waals surface area contributed by atoms with E-state index in [9.17, 15) is 19.8 Å². The molecule has 2 unspecified atom stereocenters. The van der Waals surface area contributed by atoms with Crippen LogP contribution in [0, 0.1) is 0 Å². The maximum Gasteiger partial charge on any atom is 0.305 e. The summed E-state index contributed by atoms with van der Waals surface area (Å²) in [7, 11) is 0. The minimum atomic E-state index is -0.657. The first-order valence-corrected chi connectivity index (χ1v) is 31.3. The van der Waals surface area contributed by atoms with Crippen LogP contribution in [0.1, 0.15) is 361 Å². The van der Waals surface area contributed by atoms with Gasteiger partial charge in [-0.2, -0.15) is 0 Å². The molecular weight excluding hydrogens is 839 g/mol. The summed E-state index contributed by atoms with van der Waals surface area (Å²) in [6.07, 6.45) is 68.6. The minimum Gasteiger partial charge on any atom is -0.466 e. The monoisotopic (exact) mass is 962 g/mol. The van der Waals surface area contributed by atoms with Gasteiger partial charge in [0, 0.05) is 12.8 Å². The lowest BCUT2D eigenvalue weighted by molar-refractivity contribution is -0.143. The van der Waals surface area contributed by atoms with Crippen LogP contribution in [0.3, 0.4) is 0 Å². The number of unbranched alkanes of at least 4 members (excludes halogenated alkanes) is 48. The number of amides is 1. The van der Waals surface area contributed by atoms with Crippen LogP contribution in [-0.4, -0.2) is 47.4 Å². The second-order valence-electron chi connectivity index (χ2n) is 21.8. The van der Waals surface area contributed by atoms with Crippen molar-refractivity contribution in [1.29, 1.82) is 0 Å². The molecule has 0 fully saturated rings. The molecule has 0 aromatic rings. The van der Waals surface area contributed by atoms with E-state index in [1.807, 2.05) is 0 Å². The fraction of sp³-hybridized carbons (Fsp3) is 0.968. The van der Waals surface area contributed by atoms with Crippen molar-refractivity contribution in [3.8, 4) is 0 Å². The van der Waals surface area contributed by atoms with Crippen LogP contribution in [0.2, 0.25) is 0 Å². The van der Waals surface area contributed by atoms with Crippen LogP contribution in [0.5, 0.6) is 0 Å². The van der Waals surface area contributed by atoms with Gasteiger partial charge in [-0.3, -0.25) is 9.59 Å². The summed E-state index contributed by atoms with van der Waals surface area (Å²) < 4.78 is 5.47. The van der Waals surface area contributed by atoms with E-state index in [0.717, 1.165) is 38.5 Å². The smallest absolute Gasteiger partial charge is 0.305 e. The Morgan fingerprint density at radius 1 is 0.353 bits per heavy atom. The quantitative estimate of drug-likeness (QED) is 0.0417. The third kappa shape index (κ3) is 54.2. The second-order valence-corrected chi connectivity index (χ2v) is 21.8. The molecule has 6 heteroatoms. The van der Waals surface area contributed by atoms with Crippen molar-refractivity contribution in [3.05, 3.63) is 0 Å². The third-order valence-electron chi connectivity index (χ3n) is 14.9. The highest BCUT2D eigenvalue weighted by Crippen LogP contribution is 2.19. The van der Waals surface area contributed by atoms with E-state index in [4.69, 9.17) is 4.74 Å². The lowest BCUT2D eigenvalue weighted by atomic mass is 10.0. The normalized spacial score (nSPS) is 12.5. The van der Waals surface area contributed by atoms with Crippen LogP contribution in [0.25, 0.3) is 0 Å². The fourth-order valence-corrected chi connectivity index (χ4v) is 10.1. The summed E-state index contributed by atoms with van der Waals surface area (Å²) in [5, 5.41) is 23.1. The largest absolute Gasteiger partial charge is 0.466 e. The van der Waals surface area contributed by atoms with Gasteiger partial charge in [-0.25, -0.2) is 0 Å². The highest BCUT2D eigenvalue weighted by molar-refractivity contribution is 5.76. The van der Waals surface area contributed by atoms with Crippen molar-refractivity contribution >= 4 is 11.9 Å². The standard InChI is InChI=1S/C62H123NO5/c1-3-5-7-9-11-13-35-40-44-48-52-56-62(67)68-57-53-49-45-41-37-34-32-30-28-26-24-22-20-18-16-14-15-17-19-21-23-25-27-29-31-33-36-39-43-47-51-55-61(66)63-59(58-64)60(65)54-50-46-42-38-12-10-8-6-4-2/h59-60,64-65H,3-58H2,1-2H3,(H,63,66). The summed E-state index contributed by atoms with van der Waals surface area (Å²) in [6.45, 7) is 4.96. The Balaban J connectivity index is 3.28. The number of aliphatic hydroxyl groups is 2. The molecule has 6 nitrogen and oxygen atoms in total. The van der Waals surface area contributed by atoms with E-state index < -0.39 is 12.1 Å². The molecule has 0 bridgehead atoms. The summed E-state index contributed by atoms with van der Waals surface area (Å²) in [5.74, 6) is -0.0103. The van der Waals surface area contributed by atoms with E-state index >= 15 is 0 Å². The number of ether oxygens (including phenoxy) is 1. The Kier molecular flexibility index (Phi) is 57.5. The first-order chi connectivity index (χ1) is 33.5. The van der Waals surface area contributed by atoms with E-state index in [1.54, 1.807) is 0 Å². The number of nitrogens with one attached hydrogen (secondary N) is 1. The number of esters is 1. The van der Waals surface area contributed by atoms with Crippen molar-refractivity contribution in [3.63, 3.8) is 0 Å². The van der Waals surface area contributed by atoms with Gasteiger partial charge in [-0.15, -0.1) is 0 Å². The molecule has 2 atom stereocenters. The summed E-state index contributed by atoms with van der Waals surface area (Å²) in [5.41, 5.74) is 0. The predicted octanol–water partition coefficient (Wildman–Crippen LogP) is 19.5. The number of hydrogen-bond donors (Lipinski definition) is 3. The molecule has 3 N–H and O–H groups in total. The van der Waals surface area contributed by atoms with Gasteiger partial charge in [-0.1, -0.05) is 322 Å². The molecule has 406 valence electrons. The Hall–Kier alpha value is -1.14. The molecule has 0 heterocycles. The van der Waals surface area contributed by atoms with E-state index in [1.165, 1.54) is 289 Å². The average Bonchev–Trinajstić information content (AvgIpc) is 3.34. The highest BCUT2D eigenvalue weighted by atomic mass is 16.5. The molecule has 0 saturated carbocycles. The molecule has 0 radical (unpaired) electrons. The number of carbonyl (C=O) groups excluding carboxylic acids is 2. The van der Waals surface area contributed by atoms with Gasteiger partial charge in [0.2, 0.25) is 5.91 Å². The van der Waals surface area contributed by atoms with Crippen LogP contribution in [0.15, 0.2) is 0 Å². The molecule has 0 aliphatic heterocycles. The average molecular weight is 963 g/mol. The molecule has 0 aliphatic rings. The van der Waals surface area contributed by atoms with Crippen molar-refractivity contribution in [2.24, 2.45) is 0 Å². The van der Waals surface area contributed by atoms with Crippen LogP contribution < -0.4 is 5.32 Å². The van der Waals surface area contributed by atoms with E-state index in [2.05, 4.69) is 19.2 Å². The lowest BCUT2D eigenvalue weighted by Crippen LogP contribution is -2.45. The number of hydrogen-bond acceptors (Lipinski definition) is 5. The zero-order valence-corrected chi connectivity index (χ0v) is 46.4. The Bertz CT molecular complexity index is 975. The number of aliphatic hydroxyl groups excluding tert-OH is 2. The SMILES string of the molecule is CCCCCCCCCCCCCC(=O)OCCCCCCCCCCCCCCCCCCCCCCCCCCCCCCCCCC(=O)NC(CO)C(O)CCCCCCCCCCC. The summed E-state index contributed by atoms with van der Waals surface area (Å²) in [4.78, 5) is 24.4. The minimum absolute atomic E-state index is 0.0209. The molecule has 68 heavy (non-hydrogen) atoms. The van der Waals surface area contributed by atoms with Crippen molar-refractivity contribution < 1.29 is 24.5 Å². The fourth-order valence-electron chi connectivity index (χ4n) is 10.1. The Morgan fingerprint density at radius 2 is 0.603 bits per heavy atom. The molecule has 0 aliphatic carbocycles. The van der Waals surface area contributed by atoms with Gasteiger partial charge in [0.05, 0.1) is 25.4 Å². The van der Waals surface area contributed by atoms with Crippen LogP contribution in [0.4, 0.5) is 0 Å². The molecule has 0 saturated heterocycles. The first kappa shape index (κ1) is 66.9. The Labute approximate surface area is 426 Å². The molecule has 0 aromatic heterocycles. The maximum atomic E-state index is 12.4.